The first-order valence-electron chi connectivity index (χ1n) is 46.0. The Hall–Kier alpha value is -14.9. The van der Waals surface area contributed by atoms with Crippen molar-refractivity contribution in [2.24, 2.45) is 9.98 Å². The lowest BCUT2D eigenvalue weighted by atomic mass is 9.63. The Morgan fingerprint density at radius 2 is 0.474 bits per heavy atom. The molecule has 2 unspecified atom stereocenters. The second-order valence-electron chi connectivity index (χ2n) is 35.3. The van der Waals surface area contributed by atoms with E-state index in [0.717, 1.165) is 101 Å². The fourth-order valence-corrected chi connectivity index (χ4v) is 22.0. The average molecular weight is 2010 g/mol. The van der Waals surface area contributed by atoms with Crippen molar-refractivity contribution >= 4 is 189 Å². The molecule has 0 saturated heterocycles. The second-order valence-corrected chi connectivity index (χ2v) is 38.9. The van der Waals surface area contributed by atoms with E-state index < -0.39 is 11.2 Å². The number of nitrogens with zero attached hydrogens (tertiary/aromatic N) is 2. The SMILES string of the molecule is Brc1ccc2c(-c3ccc4ccccc4c3)c3cc(Br)ccc3c(-c3ccc4ccccc4c3)c2c1.OC1(c2ccc3ccccc3c2)c2ccc(Br)cc2C(O)(c2ccc3ccccc3c2)c2ccc(Br)cc21.c1ccc(C(=NCc2ccc3c(-c4ccc5ccccc5c4)c4cc(N=C(c5ccccc5)c5ccccc5)ccc4c(-c4ccc5ccccc5c4)c3c2)c2ccccc2)cc1. The van der Waals surface area contributed by atoms with Crippen molar-refractivity contribution in [1.29, 1.82) is 0 Å². The third-order valence-corrected chi connectivity index (χ3v) is 29.0. The lowest BCUT2D eigenvalue weighted by molar-refractivity contribution is 0.0748. The Morgan fingerprint density at radius 1 is 0.204 bits per heavy atom. The van der Waals surface area contributed by atoms with Gasteiger partial charge in [-0.2, -0.15) is 0 Å². The fraction of sp³-hybridized carbons (Fsp3) is 0.0233. The first kappa shape index (κ1) is 86.2. The van der Waals surface area contributed by atoms with Gasteiger partial charge in [0.1, 0.15) is 11.2 Å². The van der Waals surface area contributed by atoms with Crippen molar-refractivity contribution in [3.63, 3.8) is 0 Å². The number of rotatable bonds is 13. The van der Waals surface area contributed by atoms with Crippen LogP contribution in [0.15, 0.2) is 513 Å². The molecule has 2 N–H and O–H groups in total. The molecule has 0 spiro atoms. The van der Waals surface area contributed by atoms with E-state index in [0.29, 0.717) is 28.8 Å². The van der Waals surface area contributed by atoms with Crippen molar-refractivity contribution in [3.8, 4) is 44.5 Å². The van der Waals surface area contributed by atoms with Crippen LogP contribution in [0.2, 0.25) is 0 Å². The molecule has 4 nitrogen and oxygen atoms in total. The number of benzene rings is 24. The quantitative estimate of drug-likeness (QED) is 0.0892. The maximum absolute atomic E-state index is 12.8. The molecule has 1 aliphatic carbocycles. The lowest BCUT2D eigenvalue weighted by Crippen LogP contribution is -2.44. The molecule has 25 rings (SSSR count). The number of hydrogen-bond acceptors (Lipinski definition) is 4. The zero-order valence-electron chi connectivity index (χ0n) is 74.2. The molecule has 24 aromatic rings. The molecular formula is C129H84Br4N2O2. The summed E-state index contributed by atoms with van der Waals surface area (Å²) in [6.45, 7) is 0.533. The zero-order valence-corrected chi connectivity index (χ0v) is 80.5. The Morgan fingerprint density at radius 3 is 0.825 bits per heavy atom. The second kappa shape index (κ2) is 36.7. The van der Waals surface area contributed by atoms with E-state index >= 15 is 0 Å². The molecule has 0 aromatic heterocycles. The molecule has 0 fully saturated rings. The summed E-state index contributed by atoms with van der Waals surface area (Å²) in [5, 5.41) is 49.5. The normalized spacial score (nSPS) is 13.9. The van der Waals surface area contributed by atoms with Crippen LogP contribution in [-0.2, 0) is 17.7 Å². The number of aliphatic hydroxyl groups is 2. The van der Waals surface area contributed by atoms with Gasteiger partial charge in [0.25, 0.3) is 0 Å². The Kier molecular flexibility index (Phi) is 23.1. The van der Waals surface area contributed by atoms with Gasteiger partial charge in [0.05, 0.1) is 23.7 Å². The zero-order chi connectivity index (χ0) is 92.2. The van der Waals surface area contributed by atoms with Crippen LogP contribution in [-0.4, -0.2) is 21.6 Å². The summed E-state index contributed by atoms with van der Waals surface area (Å²) in [5.41, 5.74) is 19.2. The highest BCUT2D eigenvalue weighted by molar-refractivity contribution is 9.11. The van der Waals surface area contributed by atoms with Crippen LogP contribution in [0, 0.1) is 0 Å². The summed E-state index contributed by atoms with van der Waals surface area (Å²) in [6.07, 6.45) is 0. The molecular weight excluding hydrogens is 1930 g/mol. The van der Waals surface area contributed by atoms with Crippen LogP contribution in [0.3, 0.4) is 0 Å². The monoisotopic (exact) mass is 2010 g/mol. The van der Waals surface area contributed by atoms with Crippen LogP contribution in [0.4, 0.5) is 5.69 Å². The molecule has 1 aliphatic rings. The standard InChI is InChI=1S/C61H42N2.C34H22Br2O2.C34H20Br2/c1-5-19-45(20-6-1)60(46-21-7-2-8-22-46)62-41-42-29-35-54-56(37-42)58(51-32-30-43-17-13-15-27-49(43)38-51)55-36-34-53(63-61(47-23-9-3-10-24-47)48-25-11-4-12-26-48)40-57(55)59(54)52-33-31-44-18-14-16-28-50(44)39-52;35-27-14-16-30-31(19-27)33(37,25-11-9-21-5-1-3-7-23(21)17-25)29-15-13-28(36)20-32(29)34(30,38)26-12-10-22-6-2-4-8-24(22)18-26;35-27-14-16-30-31(19-27)33(25-11-9-21-5-1-3-7-23(21)17-25)29-15-13-28(36)20-32(29)34(30)26-12-10-22-6-2-4-8-24(22)18-26/h1-40H,41H2;1-20,37-38H;1-20H. The summed E-state index contributed by atoms with van der Waals surface area (Å²) in [5.74, 6) is 0. The summed E-state index contributed by atoms with van der Waals surface area (Å²) < 4.78 is 3.82. The number of hydrogen-bond donors (Lipinski definition) is 2. The third-order valence-electron chi connectivity index (χ3n) is 27.1. The van der Waals surface area contributed by atoms with Gasteiger partial charge in [-0.1, -0.05) is 446 Å². The molecule has 8 heteroatoms. The molecule has 0 aliphatic heterocycles. The Bertz CT molecular complexity index is 8610. The van der Waals surface area contributed by atoms with Gasteiger partial charge in [0, 0.05) is 51.3 Å². The average Bonchev–Trinajstić information content (AvgIpc) is 0.691. The Balaban J connectivity index is 0.000000122. The highest BCUT2D eigenvalue weighted by Gasteiger charge is 2.51. The van der Waals surface area contributed by atoms with E-state index in [-0.39, 0.29) is 0 Å². The van der Waals surface area contributed by atoms with Gasteiger partial charge < -0.3 is 10.2 Å². The van der Waals surface area contributed by atoms with Gasteiger partial charge in [-0.25, -0.2) is 4.99 Å². The predicted molar refractivity (Wildman–Crippen MR) is 591 cm³/mol. The number of aliphatic imine (C=N–C) groups is 2. The van der Waals surface area contributed by atoms with Gasteiger partial charge in [-0.3, -0.25) is 4.99 Å². The third kappa shape index (κ3) is 16.3. The van der Waals surface area contributed by atoms with E-state index in [2.05, 4.69) is 452 Å². The van der Waals surface area contributed by atoms with Crippen LogP contribution in [0.25, 0.3) is 152 Å². The van der Waals surface area contributed by atoms with E-state index in [4.69, 9.17) is 9.98 Å². The maximum Gasteiger partial charge on any atom is 0.141 e. The van der Waals surface area contributed by atoms with E-state index in [1.165, 1.54) is 125 Å². The molecule has 24 aromatic carbocycles. The van der Waals surface area contributed by atoms with Crippen molar-refractivity contribution in [2.45, 2.75) is 17.7 Å². The van der Waals surface area contributed by atoms with Crippen molar-refractivity contribution in [2.75, 3.05) is 0 Å². The van der Waals surface area contributed by atoms with Crippen molar-refractivity contribution in [1.82, 2.24) is 0 Å². The summed E-state index contributed by atoms with van der Waals surface area (Å²) >= 11 is 14.8. The summed E-state index contributed by atoms with van der Waals surface area (Å²) in [7, 11) is 0. The fourth-order valence-electron chi connectivity index (χ4n) is 20.6. The highest BCUT2D eigenvalue weighted by Crippen LogP contribution is 2.56. The minimum atomic E-state index is -1.48. The van der Waals surface area contributed by atoms with Gasteiger partial charge in [0.2, 0.25) is 0 Å². The number of fused-ring (bicyclic) bond motifs is 12. The van der Waals surface area contributed by atoms with Crippen LogP contribution < -0.4 is 0 Å². The van der Waals surface area contributed by atoms with Crippen molar-refractivity contribution < 1.29 is 10.2 Å². The van der Waals surface area contributed by atoms with E-state index in [1.54, 1.807) is 0 Å². The van der Waals surface area contributed by atoms with Gasteiger partial charge in [-0.15, -0.1) is 0 Å². The van der Waals surface area contributed by atoms with E-state index in [1.807, 2.05) is 97.1 Å². The summed E-state index contributed by atoms with van der Waals surface area (Å²) in [6, 6.07) is 171. The molecule has 0 heterocycles. The van der Waals surface area contributed by atoms with Crippen LogP contribution in [0.1, 0.15) is 61.2 Å². The van der Waals surface area contributed by atoms with E-state index in [9.17, 15) is 10.2 Å². The maximum atomic E-state index is 12.8. The predicted octanol–water partition coefficient (Wildman–Crippen LogP) is 35.4. The molecule has 0 radical (unpaired) electrons. The largest absolute Gasteiger partial charge is 0.376 e. The van der Waals surface area contributed by atoms with Crippen LogP contribution in [0.5, 0.6) is 0 Å². The first-order chi connectivity index (χ1) is 67.3. The molecule has 0 saturated carbocycles. The van der Waals surface area contributed by atoms with Gasteiger partial charge in [-0.05, 0) is 283 Å². The molecule has 650 valence electrons. The van der Waals surface area contributed by atoms with Crippen LogP contribution >= 0.6 is 63.7 Å². The molecule has 0 bridgehead atoms. The lowest BCUT2D eigenvalue weighted by Gasteiger charge is -2.45. The minimum absolute atomic E-state index is 0.533. The topological polar surface area (TPSA) is 65.2 Å². The molecule has 137 heavy (non-hydrogen) atoms. The Labute approximate surface area is 828 Å². The van der Waals surface area contributed by atoms with Gasteiger partial charge in [0.15, 0.2) is 0 Å². The molecule has 0 amide bonds. The first-order valence-corrected chi connectivity index (χ1v) is 49.2. The number of halogens is 4. The summed E-state index contributed by atoms with van der Waals surface area (Å²) in [4.78, 5) is 10.8. The minimum Gasteiger partial charge on any atom is -0.376 e. The smallest absolute Gasteiger partial charge is 0.141 e. The molecule has 2 atom stereocenters. The van der Waals surface area contributed by atoms with Crippen molar-refractivity contribution in [3.05, 3.63) is 564 Å². The highest BCUT2D eigenvalue weighted by atomic mass is 79.9. The van der Waals surface area contributed by atoms with Gasteiger partial charge >= 0.3 is 0 Å².